The Bertz CT molecular complexity index is 1210. The molecule has 0 fully saturated rings. The highest BCUT2D eigenvalue weighted by Crippen LogP contribution is 2.28. The van der Waals surface area contributed by atoms with Gasteiger partial charge in [0.1, 0.15) is 12.0 Å². The van der Waals surface area contributed by atoms with Crippen molar-refractivity contribution < 1.29 is 8.76 Å². The summed E-state index contributed by atoms with van der Waals surface area (Å²) in [4.78, 5) is 11.6. The second-order valence-corrected chi connectivity index (χ2v) is 7.11. The van der Waals surface area contributed by atoms with Crippen molar-refractivity contribution in [3.05, 3.63) is 66.4 Å². The molecule has 1 aromatic carbocycles. The van der Waals surface area contributed by atoms with E-state index >= 15 is 0 Å². The highest BCUT2D eigenvalue weighted by molar-refractivity contribution is 7.77. The fraction of sp³-hybridized carbons (Fsp3) is 0.158. The molecule has 0 radical (unpaired) electrons. The Morgan fingerprint density at radius 2 is 2.24 bits per heavy atom. The minimum Gasteiger partial charge on any atom is -0.760 e. The molecule has 4 rings (SSSR count). The smallest absolute Gasteiger partial charge is 0.141 e. The Kier molecular flexibility index (Phi) is 5.44. The highest BCUT2D eigenvalue weighted by atomic mass is 32.2. The van der Waals surface area contributed by atoms with Crippen LogP contribution in [0.5, 0.6) is 0 Å². The average molecular weight is 406 g/mol. The van der Waals surface area contributed by atoms with Gasteiger partial charge in [0.05, 0.1) is 30.4 Å². The molecule has 2 N–H and O–H groups in total. The predicted molar refractivity (Wildman–Crippen MR) is 106 cm³/mol. The van der Waals surface area contributed by atoms with Crippen molar-refractivity contribution in [2.45, 2.75) is 19.0 Å². The quantitative estimate of drug-likeness (QED) is 0.452. The molecule has 9 nitrogen and oxygen atoms in total. The number of nitrogens with zero attached hydrogens (tertiary/aromatic N) is 5. The van der Waals surface area contributed by atoms with Crippen LogP contribution in [0.15, 0.2) is 55.2 Å². The van der Waals surface area contributed by atoms with Gasteiger partial charge in [-0.2, -0.15) is 10.4 Å². The zero-order chi connectivity index (χ0) is 20.2. The van der Waals surface area contributed by atoms with Crippen molar-refractivity contribution in [1.82, 2.24) is 29.5 Å². The van der Waals surface area contributed by atoms with E-state index in [1.807, 2.05) is 36.5 Å². The predicted octanol–water partition coefficient (Wildman–Crippen LogP) is 2.21. The van der Waals surface area contributed by atoms with Crippen LogP contribution < -0.4 is 4.72 Å². The first-order valence-electron chi connectivity index (χ1n) is 8.77. The largest absolute Gasteiger partial charge is 0.760 e. The first-order valence-corrected chi connectivity index (χ1v) is 9.84. The molecule has 0 spiro atoms. The number of hydrogen-bond acceptors (Lipinski definition) is 6. The Labute approximate surface area is 168 Å². The van der Waals surface area contributed by atoms with Gasteiger partial charge >= 0.3 is 0 Å². The summed E-state index contributed by atoms with van der Waals surface area (Å²) in [5.74, 6) is 0. The fourth-order valence-corrected chi connectivity index (χ4v) is 3.52. The van der Waals surface area contributed by atoms with Crippen molar-refractivity contribution in [2.24, 2.45) is 0 Å². The lowest BCUT2D eigenvalue weighted by molar-refractivity contribution is 0.522. The zero-order valence-corrected chi connectivity index (χ0v) is 16.0. The van der Waals surface area contributed by atoms with Crippen LogP contribution in [0.2, 0.25) is 0 Å². The number of aromatic amines is 1. The third-order valence-electron chi connectivity index (χ3n) is 4.56. The Morgan fingerprint density at radius 3 is 3.07 bits per heavy atom. The third-order valence-corrected chi connectivity index (χ3v) is 4.94. The summed E-state index contributed by atoms with van der Waals surface area (Å²) in [6.45, 7) is 0.181. The normalized spacial score (nSPS) is 13.2. The van der Waals surface area contributed by atoms with E-state index in [1.54, 1.807) is 17.1 Å². The highest BCUT2D eigenvalue weighted by Gasteiger charge is 2.17. The SMILES string of the molecule is N#CCC(c1cccc(CNS(=O)[O-])c1)n1cc(-c2ncnc3[nH]ccc23)cn1. The first-order chi connectivity index (χ1) is 14.2. The summed E-state index contributed by atoms with van der Waals surface area (Å²) in [6.07, 6.45) is 7.09. The molecule has 0 bridgehead atoms. The van der Waals surface area contributed by atoms with Gasteiger partial charge in [0, 0.05) is 41.2 Å². The molecule has 0 saturated heterocycles. The summed E-state index contributed by atoms with van der Waals surface area (Å²) in [6, 6.07) is 11.2. The van der Waals surface area contributed by atoms with E-state index < -0.39 is 11.3 Å². The molecule has 2 atom stereocenters. The molecule has 3 aromatic heterocycles. The number of rotatable bonds is 7. The van der Waals surface area contributed by atoms with Crippen LogP contribution >= 0.6 is 0 Å². The Balaban J connectivity index is 1.67. The van der Waals surface area contributed by atoms with Gasteiger partial charge in [-0.05, 0) is 17.2 Å². The first kappa shape index (κ1) is 18.9. The molecule has 29 heavy (non-hydrogen) atoms. The lowest BCUT2D eigenvalue weighted by Crippen LogP contribution is -2.16. The molecule has 146 valence electrons. The number of nitriles is 1. The maximum absolute atomic E-state index is 10.7. The Hall–Kier alpha value is -3.39. The van der Waals surface area contributed by atoms with E-state index in [9.17, 15) is 14.0 Å². The van der Waals surface area contributed by atoms with Gasteiger partial charge in [0.15, 0.2) is 0 Å². The molecule has 0 aliphatic carbocycles. The van der Waals surface area contributed by atoms with E-state index in [4.69, 9.17) is 0 Å². The molecule has 2 unspecified atom stereocenters. The number of hydrogen-bond donors (Lipinski definition) is 2. The summed E-state index contributed by atoms with van der Waals surface area (Å²) < 4.78 is 25.6. The van der Waals surface area contributed by atoms with Crippen molar-refractivity contribution in [3.63, 3.8) is 0 Å². The van der Waals surface area contributed by atoms with Gasteiger partial charge in [-0.3, -0.25) is 8.89 Å². The van der Waals surface area contributed by atoms with Crippen LogP contribution in [0.3, 0.4) is 0 Å². The Morgan fingerprint density at radius 1 is 1.34 bits per heavy atom. The summed E-state index contributed by atoms with van der Waals surface area (Å²) in [5, 5.41) is 14.7. The van der Waals surface area contributed by atoms with Crippen molar-refractivity contribution in [3.8, 4) is 17.3 Å². The van der Waals surface area contributed by atoms with Crippen LogP contribution in [0, 0.1) is 11.3 Å². The molecule has 3 heterocycles. The number of aromatic nitrogens is 5. The van der Waals surface area contributed by atoms with E-state index in [-0.39, 0.29) is 19.0 Å². The molecule has 0 saturated carbocycles. The van der Waals surface area contributed by atoms with Gasteiger partial charge in [-0.25, -0.2) is 14.7 Å². The number of fused-ring (bicyclic) bond motifs is 1. The molecular weight excluding hydrogens is 390 g/mol. The average Bonchev–Trinajstić information content (AvgIpc) is 3.40. The summed E-state index contributed by atoms with van der Waals surface area (Å²) >= 11 is -2.33. The minimum absolute atomic E-state index is 0.181. The maximum Gasteiger partial charge on any atom is 0.141 e. The second kappa shape index (κ2) is 8.32. The standard InChI is InChI=1S/C19H17N7O2S/c20-6-4-17(14-3-1-2-13(8-14)9-25-29(27)28)26-11-15(10-24-26)18-16-5-7-21-19(16)23-12-22-18/h1-3,5,7-8,10-12,17,25H,4,9H2,(H,27,28)(H,21,22,23)/p-1. The van der Waals surface area contributed by atoms with Gasteiger partial charge in [0.2, 0.25) is 0 Å². The lowest BCUT2D eigenvalue weighted by atomic mass is 10.0. The molecule has 0 aliphatic heterocycles. The van der Waals surface area contributed by atoms with Crippen molar-refractivity contribution >= 4 is 22.3 Å². The summed E-state index contributed by atoms with van der Waals surface area (Å²) in [5.41, 5.74) is 3.99. The van der Waals surface area contributed by atoms with E-state index in [0.717, 1.165) is 33.4 Å². The number of nitrogens with one attached hydrogen (secondary N) is 2. The van der Waals surface area contributed by atoms with E-state index in [2.05, 4.69) is 30.8 Å². The van der Waals surface area contributed by atoms with Crippen LogP contribution in [-0.2, 0) is 17.8 Å². The maximum atomic E-state index is 10.7. The molecular formula is C19H16N7O2S-. The van der Waals surface area contributed by atoms with Crippen LogP contribution in [0.25, 0.3) is 22.3 Å². The topological polar surface area (TPSA) is 135 Å². The van der Waals surface area contributed by atoms with Crippen molar-refractivity contribution in [2.75, 3.05) is 0 Å². The second-order valence-electron chi connectivity index (χ2n) is 6.35. The summed E-state index contributed by atoms with van der Waals surface area (Å²) in [7, 11) is 0. The van der Waals surface area contributed by atoms with Crippen LogP contribution in [-0.4, -0.2) is 33.5 Å². The van der Waals surface area contributed by atoms with Crippen LogP contribution in [0.1, 0.15) is 23.6 Å². The fourth-order valence-electron chi connectivity index (χ4n) is 3.24. The van der Waals surface area contributed by atoms with Gasteiger partial charge < -0.3 is 9.54 Å². The molecule has 0 aliphatic rings. The number of benzene rings is 1. The van der Waals surface area contributed by atoms with Crippen molar-refractivity contribution in [1.29, 1.82) is 5.26 Å². The van der Waals surface area contributed by atoms with E-state index in [0.29, 0.717) is 0 Å². The third kappa shape index (κ3) is 4.07. The molecule has 4 aromatic rings. The minimum atomic E-state index is -2.33. The van der Waals surface area contributed by atoms with E-state index in [1.165, 1.54) is 6.33 Å². The van der Waals surface area contributed by atoms with Gasteiger partial charge in [0.25, 0.3) is 0 Å². The van der Waals surface area contributed by atoms with Gasteiger partial charge in [-0.15, -0.1) is 0 Å². The lowest BCUT2D eigenvalue weighted by Gasteiger charge is -2.16. The van der Waals surface area contributed by atoms with Crippen LogP contribution in [0.4, 0.5) is 0 Å². The molecule has 10 heteroatoms. The number of H-pyrrole nitrogens is 1. The van der Waals surface area contributed by atoms with Gasteiger partial charge in [-0.1, -0.05) is 24.3 Å². The molecule has 0 amide bonds. The monoisotopic (exact) mass is 406 g/mol. The zero-order valence-electron chi connectivity index (χ0n) is 15.1.